The van der Waals surface area contributed by atoms with Crippen LogP contribution in [0, 0.1) is 0 Å². The van der Waals surface area contributed by atoms with Crippen molar-refractivity contribution in [3.8, 4) is 0 Å². The summed E-state index contributed by atoms with van der Waals surface area (Å²) in [7, 11) is 1.76. The van der Waals surface area contributed by atoms with Gasteiger partial charge in [0.1, 0.15) is 6.10 Å². The van der Waals surface area contributed by atoms with Crippen molar-refractivity contribution in [2.24, 2.45) is 0 Å². The Labute approximate surface area is 76.5 Å². The molecule has 0 spiro atoms. The van der Waals surface area contributed by atoms with Crippen LogP contribution in [0.5, 0.6) is 0 Å². The largest absolute Gasteiger partial charge is 0.495 e. The summed E-state index contributed by atoms with van der Waals surface area (Å²) < 4.78 is 0. The van der Waals surface area contributed by atoms with E-state index in [9.17, 15) is 10.2 Å². The molecular weight excluding hydrogens is 166 g/mol. The van der Waals surface area contributed by atoms with E-state index in [2.05, 4.69) is 0 Å². The second kappa shape index (κ2) is 2.78. The molecule has 1 unspecified atom stereocenters. The average Bonchev–Trinajstić information content (AvgIpc) is 2.15. The minimum absolute atomic E-state index is 0.0891. The van der Waals surface area contributed by atoms with Gasteiger partial charge in [0.2, 0.25) is 0 Å². The van der Waals surface area contributed by atoms with E-state index in [1.165, 1.54) is 6.08 Å². The van der Waals surface area contributed by atoms with E-state index in [-0.39, 0.29) is 5.88 Å². The van der Waals surface area contributed by atoms with E-state index in [4.69, 9.17) is 0 Å². The predicted octanol–water partition coefficient (Wildman–Crippen LogP) is 1.57. The van der Waals surface area contributed by atoms with E-state index < -0.39 is 6.10 Å². The molecule has 1 aromatic carbocycles. The highest BCUT2D eigenvalue weighted by atomic mass is 16.3. The molecular formula is C10H11NO2. The maximum absolute atomic E-state index is 9.59. The van der Waals surface area contributed by atoms with Gasteiger partial charge in [0.05, 0.1) is 0 Å². The zero-order valence-corrected chi connectivity index (χ0v) is 7.31. The lowest BCUT2D eigenvalue weighted by Gasteiger charge is -2.27. The average molecular weight is 177 g/mol. The Morgan fingerprint density at radius 1 is 1.31 bits per heavy atom. The molecule has 2 N–H and O–H groups in total. The van der Waals surface area contributed by atoms with Crippen LogP contribution in [-0.4, -0.2) is 17.3 Å². The molecule has 2 rings (SSSR count). The number of aliphatic hydroxyl groups excluding tert-OH is 2. The molecule has 0 fully saturated rings. The van der Waals surface area contributed by atoms with Gasteiger partial charge in [-0.1, -0.05) is 18.2 Å². The predicted molar refractivity (Wildman–Crippen MR) is 50.5 cm³/mol. The number of para-hydroxylation sites is 1. The summed E-state index contributed by atoms with van der Waals surface area (Å²) in [5, 5.41) is 19.0. The highest BCUT2D eigenvalue weighted by Gasteiger charge is 2.20. The number of aliphatic hydroxyl groups is 2. The van der Waals surface area contributed by atoms with Gasteiger partial charge in [-0.3, -0.25) is 0 Å². The van der Waals surface area contributed by atoms with Gasteiger partial charge in [-0.25, -0.2) is 0 Å². The molecule has 3 nitrogen and oxygen atoms in total. The van der Waals surface area contributed by atoms with E-state index in [0.717, 1.165) is 11.3 Å². The lowest BCUT2D eigenvalue weighted by Crippen LogP contribution is -2.22. The molecule has 1 aliphatic heterocycles. The second-order valence-corrected chi connectivity index (χ2v) is 3.09. The molecule has 0 amide bonds. The Bertz CT molecular complexity index is 360. The van der Waals surface area contributed by atoms with Crippen molar-refractivity contribution < 1.29 is 10.2 Å². The van der Waals surface area contributed by atoms with Crippen LogP contribution in [0.3, 0.4) is 0 Å². The molecule has 13 heavy (non-hydrogen) atoms. The van der Waals surface area contributed by atoms with Crippen LogP contribution in [0.1, 0.15) is 11.7 Å². The quantitative estimate of drug-likeness (QED) is 0.632. The molecule has 1 atom stereocenters. The normalized spacial score (nSPS) is 20.9. The first-order chi connectivity index (χ1) is 6.20. The van der Waals surface area contributed by atoms with Gasteiger partial charge in [0.25, 0.3) is 0 Å². The molecule has 0 bridgehead atoms. The first kappa shape index (κ1) is 8.13. The third-order valence-electron chi connectivity index (χ3n) is 2.27. The number of nitrogens with zero attached hydrogens (tertiary/aromatic N) is 1. The third-order valence-corrected chi connectivity index (χ3v) is 2.27. The minimum atomic E-state index is -0.701. The maximum atomic E-state index is 9.59. The van der Waals surface area contributed by atoms with Crippen LogP contribution < -0.4 is 4.90 Å². The minimum Gasteiger partial charge on any atom is -0.495 e. The third kappa shape index (κ3) is 1.17. The van der Waals surface area contributed by atoms with Crippen LogP contribution in [0.25, 0.3) is 0 Å². The zero-order valence-electron chi connectivity index (χ0n) is 7.31. The van der Waals surface area contributed by atoms with Crippen LogP contribution in [-0.2, 0) is 0 Å². The summed E-state index contributed by atoms with van der Waals surface area (Å²) in [4.78, 5) is 1.64. The lowest BCUT2D eigenvalue weighted by atomic mass is 10.0. The number of benzene rings is 1. The van der Waals surface area contributed by atoms with E-state index in [0.29, 0.717) is 0 Å². The van der Waals surface area contributed by atoms with Crippen molar-refractivity contribution in [3.63, 3.8) is 0 Å². The van der Waals surface area contributed by atoms with Gasteiger partial charge in [-0.2, -0.15) is 0 Å². The zero-order chi connectivity index (χ0) is 9.42. The molecule has 3 heteroatoms. The second-order valence-electron chi connectivity index (χ2n) is 3.09. The van der Waals surface area contributed by atoms with Crippen molar-refractivity contribution in [1.29, 1.82) is 0 Å². The Morgan fingerprint density at radius 2 is 2.00 bits per heavy atom. The summed E-state index contributed by atoms with van der Waals surface area (Å²) in [6.45, 7) is 0. The fourth-order valence-electron chi connectivity index (χ4n) is 1.51. The van der Waals surface area contributed by atoms with Gasteiger partial charge in [-0.15, -0.1) is 0 Å². The topological polar surface area (TPSA) is 43.7 Å². The number of hydrogen-bond donors (Lipinski definition) is 2. The lowest BCUT2D eigenvalue weighted by molar-refractivity contribution is 0.217. The number of fused-ring (bicyclic) bond motifs is 1. The van der Waals surface area contributed by atoms with Crippen molar-refractivity contribution in [2.45, 2.75) is 6.10 Å². The molecule has 0 saturated carbocycles. The van der Waals surface area contributed by atoms with E-state index in [1.54, 1.807) is 11.9 Å². The summed E-state index contributed by atoms with van der Waals surface area (Å²) >= 11 is 0. The molecule has 1 aromatic rings. The van der Waals surface area contributed by atoms with Gasteiger partial charge < -0.3 is 15.1 Å². The van der Waals surface area contributed by atoms with E-state index >= 15 is 0 Å². The van der Waals surface area contributed by atoms with Gasteiger partial charge in [0, 0.05) is 24.4 Å². The van der Waals surface area contributed by atoms with Crippen LogP contribution in [0.2, 0.25) is 0 Å². The Hall–Kier alpha value is -1.48. The molecule has 1 aliphatic rings. The van der Waals surface area contributed by atoms with Crippen LogP contribution in [0.15, 0.2) is 36.2 Å². The maximum Gasteiger partial charge on any atom is 0.189 e. The van der Waals surface area contributed by atoms with Crippen molar-refractivity contribution in [3.05, 3.63) is 41.8 Å². The smallest absolute Gasteiger partial charge is 0.189 e. The monoisotopic (exact) mass is 177 g/mol. The molecule has 1 heterocycles. The first-order valence-electron chi connectivity index (χ1n) is 4.11. The Morgan fingerprint density at radius 3 is 2.77 bits per heavy atom. The Balaban J connectivity index is 2.55. The number of anilines is 1. The highest BCUT2D eigenvalue weighted by molar-refractivity contribution is 5.60. The molecule has 68 valence electrons. The molecule has 0 aromatic heterocycles. The number of hydrogen-bond acceptors (Lipinski definition) is 3. The van der Waals surface area contributed by atoms with Crippen LogP contribution >= 0.6 is 0 Å². The van der Waals surface area contributed by atoms with Crippen molar-refractivity contribution in [2.75, 3.05) is 11.9 Å². The SMILES string of the molecule is CN1C(O)=CC(O)c2ccccc21. The molecule has 0 aliphatic carbocycles. The van der Waals surface area contributed by atoms with E-state index in [1.807, 2.05) is 24.3 Å². The fourth-order valence-corrected chi connectivity index (χ4v) is 1.51. The van der Waals surface area contributed by atoms with Crippen molar-refractivity contribution >= 4 is 5.69 Å². The van der Waals surface area contributed by atoms with Gasteiger partial charge >= 0.3 is 0 Å². The summed E-state index contributed by atoms with van der Waals surface area (Å²) in [5.41, 5.74) is 1.66. The molecule has 0 radical (unpaired) electrons. The van der Waals surface area contributed by atoms with Crippen molar-refractivity contribution in [1.82, 2.24) is 0 Å². The van der Waals surface area contributed by atoms with Gasteiger partial charge in [0.15, 0.2) is 5.88 Å². The standard InChI is InChI=1S/C10H11NO2/c1-11-8-5-3-2-4-7(8)9(12)6-10(11)13/h2-6,9,12-13H,1H3. The molecule has 0 saturated heterocycles. The summed E-state index contributed by atoms with van der Waals surface area (Å²) in [6, 6.07) is 7.45. The van der Waals surface area contributed by atoms with Crippen LogP contribution in [0.4, 0.5) is 5.69 Å². The first-order valence-corrected chi connectivity index (χ1v) is 4.11. The highest BCUT2D eigenvalue weighted by Crippen LogP contribution is 2.32. The number of rotatable bonds is 0. The van der Waals surface area contributed by atoms with Gasteiger partial charge in [-0.05, 0) is 6.07 Å². The Kier molecular flexibility index (Phi) is 1.74. The summed E-state index contributed by atoms with van der Waals surface area (Å²) in [6.07, 6.45) is 0.717. The fraction of sp³-hybridized carbons (Fsp3) is 0.200. The summed E-state index contributed by atoms with van der Waals surface area (Å²) in [5.74, 6) is 0.0891.